The Bertz CT molecular complexity index is 5420. The third-order valence-corrected chi connectivity index (χ3v) is 16.0. The molecule has 0 saturated carbocycles. The maximum Gasteiger partial charge on any atom is 3.00 e. The zero-order chi connectivity index (χ0) is 89.9. The molecule has 0 fully saturated rings. The number of hydrogen-bond acceptors (Lipinski definition) is 28. The van der Waals surface area contributed by atoms with Crippen molar-refractivity contribution in [3.05, 3.63) is 415 Å². The third-order valence-electron chi connectivity index (χ3n) is 16.0. The summed E-state index contributed by atoms with van der Waals surface area (Å²) in [6.07, 6.45) is 23.9. The summed E-state index contributed by atoms with van der Waals surface area (Å²) in [4.78, 5) is 55.3. The van der Waals surface area contributed by atoms with Gasteiger partial charge in [0.05, 0.1) is 78.5 Å². The van der Waals surface area contributed by atoms with E-state index in [1.165, 1.54) is 55.9 Å². The summed E-state index contributed by atoms with van der Waals surface area (Å²) in [5.41, 5.74) is 5.88. The van der Waals surface area contributed by atoms with Crippen molar-refractivity contribution >= 4 is 60.1 Å². The number of rotatable bonds is 10. The van der Waals surface area contributed by atoms with Crippen LogP contribution in [0, 0.1) is 141 Å². The molecule has 20 rings (SSSR count). The minimum absolute atomic E-state index is 0. The number of aromatic nitrogens is 12. The van der Waals surface area contributed by atoms with Crippen LogP contribution in [0.3, 0.4) is 0 Å². The molecule has 39 heteroatoms. The fraction of sp³-hybridized carbons (Fsp3) is 0.0532. The minimum Gasteiger partial charge on any atom is -0.493 e. The summed E-state index contributed by atoms with van der Waals surface area (Å²) in [6, 6.07) is 94.3. The van der Waals surface area contributed by atoms with Gasteiger partial charge in [0.15, 0.2) is 0 Å². The summed E-state index contributed by atoms with van der Waals surface area (Å²) in [7, 11) is 9.68. The van der Waals surface area contributed by atoms with Crippen molar-refractivity contribution in [2.24, 2.45) is 25.5 Å². The van der Waals surface area contributed by atoms with Gasteiger partial charge in [-0.25, -0.2) is 13.8 Å². The SMILES string of the molecule is CN1C=NN(c2[c-]cccc2)[CH-]1.CN1C=NN(c2[c-]cccc2)[CH-]1.CN1C=NN(c2[c-]cccc2)[CH-]1.CN1C=NN(c2[c-]cccc2)[CH-]1.CN1C=NN(c2[c-]cccc2)[CH-]1.Fc1c[c-]c(-c2ncccn2)c(F)c1.Fc1c[c-]c(-c2ncccn2)c(F)n1.N#Cc1c(F)c[c-]c(-c2ncccn2)c1F.[Ir+3].[Ir+3].[Ir+3].[Ir+3].[Ir+3].[c-]1ccccc1-c1ncccn1.[c-]1ccccc1-c1ncncn1. The Morgan fingerprint density at radius 1 is 0.308 bits per heavy atom. The van der Waals surface area contributed by atoms with Gasteiger partial charge in [-0.15, -0.1) is 166 Å². The van der Waals surface area contributed by atoms with E-state index in [1.54, 1.807) is 93.4 Å². The number of para-hydroxylation sites is 5. The molecular weight excluding hydrogens is 2600 g/mol. The molecule has 0 aliphatic carbocycles. The van der Waals surface area contributed by atoms with Crippen molar-refractivity contribution in [2.45, 2.75) is 0 Å². The van der Waals surface area contributed by atoms with Gasteiger partial charge in [-0.1, -0.05) is 57.3 Å². The first kappa shape index (κ1) is 108. The third kappa shape index (κ3) is 35.4. The van der Waals surface area contributed by atoms with Crippen LogP contribution < -0.4 is 25.0 Å². The standard InChI is InChI=1S/C11H4F2N3.C10H5F2N2.C10H7N2.C9H4F2N3.5C9H9N3.C9H6N3.5Ir/c12-9-3-2-7(10(13)8(9)6-14)11-15-4-1-5-16-11;11-7-2-3-8(9(12)6-7)10-13-4-1-5-14-10;1-2-5-9(6-3-1)10-11-7-4-8-12-10;10-7-3-2-6(8(11)14-7)9-12-4-1-5-13-9;5*1-11-7-10-12(8-11)9-5-3-2-4-6-9;1-2-4-8(5-3-1)9-11-6-10-7-12-9;;;;;/h1,3-5H;1-2,4-6H;1-5,7-8H;1,3-5H;5*2-5,7-8H,1H3;1-4,6-7H;;;;;/q4*-1;5*-2;-1;5*+3. The number of anilines is 5. The molecule has 0 unspecified atom stereocenters. The van der Waals surface area contributed by atoms with Gasteiger partial charge in [0, 0.05) is 66.8 Å². The predicted octanol–water partition coefficient (Wildman–Crippen LogP) is 15.7. The van der Waals surface area contributed by atoms with Crippen LogP contribution in [0.25, 0.3) is 56.9 Å². The van der Waals surface area contributed by atoms with Crippen LogP contribution in [0.4, 0.5) is 54.8 Å². The van der Waals surface area contributed by atoms with E-state index >= 15 is 0 Å². The Morgan fingerprint density at radius 2 is 0.602 bits per heavy atom. The van der Waals surface area contributed by atoms with Crippen molar-refractivity contribution in [3.63, 3.8) is 0 Å². The molecular formula is C94H71F6Ir5N28. The number of hydrogen-bond donors (Lipinski definition) is 0. The molecule has 133 heavy (non-hydrogen) atoms. The number of nitriles is 1. The number of halogens is 6. The topological polar surface area (TPSA) is 273 Å². The summed E-state index contributed by atoms with van der Waals surface area (Å²) in [5, 5.41) is 38.1. The average Bonchev–Trinajstić information content (AvgIpc) is 1.78. The smallest absolute Gasteiger partial charge is 0.493 e. The van der Waals surface area contributed by atoms with Crippen LogP contribution in [0.1, 0.15) is 5.56 Å². The monoisotopic (exact) mass is 2670 g/mol. The summed E-state index contributed by atoms with van der Waals surface area (Å²) < 4.78 is 77.9. The van der Waals surface area contributed by atoms with E-state index in [0.717, 1.165) is 69.7 Å². The van der Waals surface area contributed by atoms with E-state index < -0.39 is 40.7 Å². The van der Waals surface area contributed by atoms with Crippen LogP contribution in [0.15, 0.2) is 306 Å². The first-order chi connectivity index (χ1) is 62.5. The van der Waals surface area contributed by atoms with Gasteiger partial charge in [0.2, 0.25) is 0 Å². The zero-order valence-electron chi connectivity index (χ0n) is 70.3. The zero-order valence-corrected chi connectivity index (χ0v) is 82.3. The Morgan fingerprint density at radius 3 is 0.887 bits per heavy atom. The van der Waals surface area contributed by atoms with Gasteiger partial charge in [-0.2, -0.15) is 152 Å². The van der Waals surface area contributed by atoms with Gasteiger partial charge in [-0.3, -0.25) is 72.4 Å². The quantitative estimate of drug-likeness (QED) is 0.0699. The van der Waals surface area contributed by atoms with Crippen LogP contribution in [-0.4, -0.2) is 151 Å². The van der Waals surface area contributed by atoms with Crippen molar-refractivity contribution in [1.29, 1.82) is 5.26 Å². The van der Waals surface area contributed by atoms with Gasteiger partial charge in [0.25, 0.3) is 0 Å². The molecule has 674 valence electrons. The Hall–Kier alpha value is -13.9. The minimum atomic E-state index is -0.992. The molecule has 5 aliphatic rings. The van der Waals surface area contributed by atoms with Gasteiger partial charge >= 0.3 is 101 Å². The maximum atomic E-state index is 13.6. The first-order valence-corrected chi connectivity index (χ1v) is 37.9. The van der Waals surface area contributed by atoms with E-state index in [0.29, 0.717) is 5.82 Å². The van der Waals surface area contributed by atoms with E-state index in [2.05, 4.69) is 146 Å². The number of nitrogens with zero attached hydrogens (tertiary/aromatic N) is 28. The second-order valence-corrected chi connectivity index (χ2v) is 25.6. The Balaban J connectivity index is 0.000000227. The number of pyridine rings is 1. The fourth-order valence-corrected chi connectivity index (χ4v) is 10.2. The van der Waals surface area contributed by atoms with Crippen molar-refractivity contribution in [3.8, 4) is 63.0 Å². The van der Waals surface area contributed by atoms with Crippen molar-refractivity contribution in [1.82, 2.24) is 84.3 Å². The van der Waals surface area contributed by atoms with E-state index in [1.807, 2.05) is 263 Å². The second-order valence-electron chi connectivity index (χ2n) is 25.6. The average molecular weight is 2670 g/mol. The molecule has 0 atom stereocenters. The summed E-state index contributed by atoms with van der Waals surface area (Å²) in [6.45, 7) is 9.47. The normalized spacial score (nSPS) is 12.2. The fourth-order valence-electron chi connectivity index (χ4n) is 10.2. The van der Waals surface area contributed by atoms with Crippen LogP contribution in [0.2, 0.25) is 0 Å². The molecule has 5 aliphatic heterocycles. The molecule has 0 saturated heterocycles. The molecule has 11 heterocycles. The first-order valence-electron chi connectivity index (χ1n) is 37.9. The van der Waals surface area contributed by atoms with Crippen LogP contribution in [-0.2, 0) is 101 Å². The molecule has 0 bridgehead atoms. The molecule has 0 N–H and O–H groups in total. The molecule has 0 amide bonds. The molecule has 28 nitrogen and oxygen atoms in total. The van der Waals surface area contributed by atoms with E-state index in [4.69, 9.17) is 5.26 Å². The summed E-state index contributed by atoms with van der Waals surface area (Å²) >= 11 is 0. The molecule has 0 spiro atoms. The molecule has 9 aromatic carbocycles. The second kappa shape index (κ2) is 58.7. The van der Waals surface area contributed by atoms with E-state index in [9.17, 15) is 26.3 Å². The van der Waals surface area contributed by atoms with Gasteiger partial charge < -0.3 is 49.5 Å². The Kier molecular flexibility index (Phi) is 47.6. The van der Waals surface area contributed by atoms with Gasteiger partial charge in [0.1, 0.15) is 24.6 Å². The molecule has 0 radical (unpaired) electrons. The van der Waals surface area contributed by atoms with E-state index in [-0.39, 0.29) is 135 Å². The molecule has 6 aromatic heterocycles. The number of hydrazone groups is 5. The number of benzene rings is 9. The van der Waals surface area contributed by atoms with Crippen molar-refractivity contribution < 1.29 is 127 Å². The Labute approximate surface area is 833 Å². The molecule has 15 aromatic rings. The predicted molar refractivity (Wildman–Crippen MR) is 473 cm³/mol. The maximum absolute atomic E-state index is 13.6. The van der Waals surface area contributed by atoms with Crippen LogP contribution >= 0.6 is 0 Å². The van der Waals surface area contributed by atoms with Gasteiger partial charge in [-0.05, 0) is 59.5 Å². The van der Waals surface area contributed by atoms with Crippen LogP contribution in [0.5, 0.6) is 0 Å². The largest absolute Gasteiger partial charge is 3.00 e. The van der Waals surface area contributed by atoms with Crippen molar-refractivity contribution in [2.75, 3.05) is 60.3 Å². The summed E-state index contributed by atoms with van der Waals surface area (Å²) in [5.74, 6) is -3.41.